The Kier molecular flexibility index (Phi) is 4.01. The van der Waals surface area contributed by atoms with Crippen molar-refractivity contribution in [3.8, 4) is 5.75 Å². The smallest absolute Gasteiger partial charge is 0.257 e. The van der Waals surface area contributed by atoms with E-state index in [1.807, 2.05) is 16.7 Å². The first-order valence-corrected chi connectivity index (χ1v) is 7.11. The molecule has 5 heteroatoms. The van der Waals surface area contributed by atoms with Gasteiger partial charge in [0.05, 0.1) is 18.4 Å². The van der Waals surface area contributed by atoms with Crippen LogP contribution in [0.4, 0.5) is 5.69 Å². The fourth-order valence-electron chi connectivity index (χ4n) is 2.13. The highest BCUT2D eigenvalue weighted by Crippen LogP contribution is 2.28. The first kappa shape index (κ1) is 13.1. The Balaban J connectivity index is 2.30. The number of nitrogens with two attached hydrogens (primary N) is 1. The van der Waals surface area contributed by atoms with Crippen molar-refractivity contribution in [1.29, 1.82) is 0 Å². The maximum absolute atomic E-state index is 12.5. The molecule has 18 heavy (non-hydrogen) atoms. The first-order chi connectivity index (χ1) is 8.65. The summed E-state index contributed by atoms with van der Waals surface area (Å²) in [6.07, 6.45) is 0. The van der Waals surface area contributed by atoms with E-state index in [0.29, 0.717) is 17.0 Å². The molecule has 1 fully saturated rings. The van der Waals surface area contributed by atoms with Gasteiger partial charge in [0.1, 0.15) is 0 Å². The second-order valence-corrected chi connectivity index (χ2v) is 5.50. The number of carbonyl (C=O) groups is 1. The molecule has 0 radical (unpaired) electrons. The number of carbonyl (C=O) groups excluding carboxylic acids is 1. The molecule has 0 aliphatic carbocycles. The molecule has 1 unspecified atom stereocenters. The van der Waals surface area contributed by atoms with Crippen molar-refractivity contribution in [2.45, 2.75) is 13.0 Å². The van der Waals surface area contributed by atoms with Crippen molar-refractivity contribution in [3.63, 3.8) is 0 Å². The van der Waals surface area contributed by atoms with E-state index in [-0.39, 0.29) is 11.9 Å². The molecule has 1 saturated heterocycles. The summed E-state index contributed by atoms with van der Waals surface area (Å²) >= 11 is 1.88. The number of thioether (sulfide) groups is 1. The molecule has 2 rings (SSSR count). The Morgan fingerprint density at radius 1 is 1.56 bits per heavy atom. The number of rotatable bonds is 2. The van der Waals surface area contributed by atoms with Crippen LogP contribution in [0.1, 0.15) is 17.3 Å². The van der Waals surface area contributed by atoms with Crippen LogP contribution < -0.4 is 10.5 Å². The predicted molar refractivity (Wildman–Crippen MR) is 75.2 cm³/mol. The van der Waals surface area contributed by atoms with E-state index in [4.69, 9.17) is 10.5 Å². The van der Waals surface area contributed by atoms with E-state index in [1.165, 1.54) is 7.11 Å². The van der Waals surface area contributed by atoms with Crippen molar-refractivity contribution in [2.24, 2.45) is 0 Å². The highest BCUT2D eigenvalue weighted by Gasteiger charge is 2.26. The van der Waals surface area contributed by atoms with Gasteiger partial charge in [-0.1, -0.05) is 6.07 Å². The number of para-hydroxylation sites is 1. The highest BCUT2D eigenvalue weighted by molar-refractivity contribution is 7.99. The van der Waals surface area contributed by atoms with Crippen LogP contribution in [0.15, 0.2) is 18.2 Å². The molecule has 1 aliphatic rings. The quantitative estimate of drug-likeness (QED) is 0.830. The third-order valence-corrected chi connectivity index (χ3v) is 4.30. The summed E-state index contributed by atoms with van der Waals surface area (Å²) in [6, 6.07) is 5.55. The van der Waals surface area contributed by atoms with Crippen LogP contribution in [0, 0.1) is 0 Å². The Bertz CT molecular complexity index is 451. The molecular formula is C13H18N2O2S. The normalized spacial score (nSPS) is 19.7. The van der Waals surface area contributed by atoms with Gasteiger partial charge in [0.2, 0.25) is 0 Å². The third kappa shape index (κ3) is 2.41. The van der Waals surface area contributed by atoms with Gasteiger partial charge >= 0.3 is 0 Å². The van der Waals surface area contributed by atoms with E-state index in [9.17, 15) is 4.79 Å². The van der Waals surface area contributed by atoms with Crippen LogP contribution in [0.3, 0.4) is 0 Å². The van der Waals surface area contributed by atoms with Gasteiger partial charge < -0.3 is 15.4 Å². The van der Waals surface area contributed by atoms with Crippen LogP contribution in [0.25, 0.3) is 0 Å². The van der Waals surface area contributed by atoms with E-state index in [2.05, 4.69) is 6.92 Å². The van der Waals surface area contributed by atoms with E-state index >= 15 is 0 Å². The van der Waals surface area contributed by atoms with Crippen molar-refractivity contribution in [3.05, 3.63) is 23.8 Å². The molecule has 0 saturated carbocycles. The second kappa shape index (κ2) is 5.52. The second-order valence-electron chi connectivity index (χ2n) is 4.35. The standard InChI is InChI=1S/C13H18N2O2S/c1-9-8-18-7-6-15(9)13(16)10-4-3-5-11(14)12(10)17-2/h3-5,9H,6-8,14H2,1-2H3. The largest absolute Gasteiger partial charge is 0.494 e. The molecule has 2 N–H and O–H groups in total. The molecule has 1 aliphatic heterocycles. The average Bonchev–Trinajstić information content (AvgIpc) is 2.38. The molecule has 0 aromatic heterocycles. The molecule has 1 atom stereocenters. The van der Waals surface area contributed by atoms with Crippen molar-refractivity contribution >= 4 is 23.4 Å². The zero-order chi connectivity index (χ0) is 13.1. The average molecular weight is 266 g/mol. The number of benzene rings is 1. The summed E-state index contributed by atoms with van der Waals surface area (Å²) in [6.45, 7) is 2.85. The van der Waals surface area contributed by atoms with E-state index in [1.54, 1.807) is 18.2 Å². The molecule has 4 nitrogen and oxygen atoms in total. The van der Waals surface area contributed by atoms with Gasteiger partial charge in [0.15, 0.2) is 5.75 Å². The number of hydrogen-bond acceptors (Lipinski definition) is 4. The molecule has 1 aromatic rings. The molecule has 1 aromatic carbocycles. The minimum absolute atomic E-state index is 0.00644. The van der Waals surface area contributed by atoms with Crippen LogP contribution in [-0.2, 0) is 0 Å². The number of nitrogens with zero attached hydrogens (tertiary/aromatic N) is 1. The fourth-order valence-corrected chi connectivity index (χ4v) is 3.15. The van der Waals surface area contributed by atoms with Crippen LogP contribution in [0.2, 0.25) is 0 Å². The number of amides is 1. The monoisotopic (exact) mass is 266 g/mol. The maximum atomic E-state index is 12.5. The first-order valence-electron chi connectivity index (χ1n) is 5.96. The predicted octanol–water partition coefficient (Wildman–Crippen LogP) is 1.85. The van der Waals surface area contributed by atoms with E-state index < -0.39 is 0 Å². The Morgan fingerprint density at radius 3 is 3.00 bits per heavy atom. The maximum Gasteiger partial charge on any atom is 0.257 e. The third-order valence-electron chi connectivity index (χ3n) is 3.11. The fraction of sp³-hybridized carbons (Fsp3) is 0.462. The Hall–Kier alpha value is -1.36. The summed E-state index contributed by atoms with van der Waals surface area (Å²) in [5.74, 6) is 2.46. The van der Waals surface area contributed by atoms with Crippen molar-refractivity contribution in [1.82, 2.24) is 4.90 Å². The number of anilines is 1. The van der Waals surface area contributed by atoms with Crippen molar-refractivity contribution < 1.29 is 9.53 Å². The topological polar surface area (TPSA) is 55.6 Å². The molecular weight excluding hydrogens is 248 g/mol. The van der Waals surface area contributed by atoms with Crippen LogP contribution in [0.5, 0.6) is 5.75 Å². The minimum atomic E-state index is 0.00644. The van der Waals surface area contributed by atoms with Gasteiger partial charge in [-0.3, -0.25) is 4.79 Å². The lowest BCUT2D eigenvalue weighted by Crippen LogP contribution is -2.44. The lowest BCUT2D eigenvalue weighted by molar-refractivity contribution is 0.0712. The summed E-state index contributed by atoms with van der Waals surface area (Å²) in [5, 5.41) is 0. The molecule has 98 valence electrons. The van der Waals surface area contributed by atoms with Gasteiger partial charge in [-0.15, -0.1) is 0 Å². The number of ether oxygens (including phenoxy) is 1. The summed E-state index contributed by atoms with van der Waals surface area (Å²) in [7, 11) is 1.54. The van der Waals surface area contributed by atoms with E-state index in [0.717, 1.165) is 18.1 Å². The highest BCUT2D eigenvalue weighted by atomic mass is 32.2. The van der Waals surface area contributed by atoms with Gasteiger partial charge in [0.25, 0.3) is 5.91 Å². The summed E-state index contributed by atoms with van der Waals surface area (Å²) in [5.41, 5.74) is 6.89. The molecule has 0 spiro atoms. The number of methoxy groups -OCH3 is 1. The zero-order valence-electron chi connectivity index (χ0n) is 10.7. The Morgan fingerprint density at radius 2 is 2.33 bits per heavy atom. The van der Waals surface area contributed by atoms with Crippen molar-refractivity contribution in [2.75, 3.05) is 30.9 Å². The summed E-state index contributed by atoms with van der Waals surface area (Å²) in [4.78, 5) is 14.4. The molecule has 1 amide bonds. The lowest BCUT2D eigenvalue weighted by Gasteiger charge is -2.33. The molecule has 0 bridgehead atoms. The lowest BCUT2D eigenvalue weighted by atomic mass is 10.1. The van der Waals surface area contributed by atoms with Crippen LogP contribution >= 0.6 is 11.8 Å². The minimum Gasteiger partial charge on any atom is -0.494 e. The van der Waals surface area contributed by atoms with Gasteiger partial charge in [-0.2, -0.15) is 11.8 Å². The van der Waals surface area contributed by atoms with Crippen LogP contribution in [-0.4, -0.2) is 42.0 Å². The summed E-state index contributed by atoms with van der Waals surface area (Å²) < 4.78 is 5.25. The SMILES string of the molecule is COc1c(N)cccc1C(=O)N1CCSCC1C. The number of nitrogen functional groups attached to an aromatic ring is 1. The number of hydrogen-bond donors (Lipinski definition) is 1. The van der Waals surface area contributed by atoms with Gasteiger partial charge in [0, 0.05) is 24.1 Å². The van der Waals surface area contributed by atoms with Gasteiger partial charge in [-0.05, 0) is 19.1 Å². The zero-order valence-corrected chi connectivity index (χ0v) is 11.5. The van der Waals surface area contributed by atoms with Gasteiger partial charge in [-0.25, -0.2) is 0 Å². The molecule has 1 heterocycles. The Labute approximate surface area is 111 Å².